The highest BCUT2D eigenvalue weighted by atomic mass is 19.4. The van der Waals surface area contributed by atoms with Crippen LogP contribution < -0.4 is 4.90 Å². The number of carbonyl (C=O) groups excluding carboxylic acids is 1. The molecule has 0 unspecified atom stereocenters. The van der Waals surface area contributed by atoms with Gasteiger partial charge in [0.2, 0.25) is 5.91 Å². The van der Waals surface area contributed by atoms with Crippen LogP contribution in [0.4, 0.5) is 18.9 Å². The third-order valence-electron chi connectivity index (χ3n) is 3.67. The monoisotopic (exact) mass is 300 g/mol. The number of hydrogen-bond acceptors (Lipinski definition) is 2. The Morgan fingerprint density at radius 2 is 2.00 bits per heavy atom. The zero-order valence-corrected chi connectivity index (χ0v) is 12.0. The highest BCUT2D eigenvalue weighted by Gasteiger charge is 2.27. The summed E-state index contributed by atoms with van der Waals surface area (Å²) >= 11 is 0. The van der Waals surface area contributed by atoms with Crippen LogP contribution in [-0.4, -0.2) is 43.7 Å². The van der Waals surface area contributed by atoms with Gasteiger partial charge in [-0.3, -0.25) is 4.79 Å². The molecule has 1 aliphatic rings. The molecule has 116 valence electrons. The maximum atomic E-state index is 12.2. The fraction of sp³-hybridized carbons (Fsp3) is 0.533. The zero-order chi connectivity index (χ0) is 15.5. The van der Waals surface area contributed by atoms with E-state index in [1.54, 1.807) is 16.8 Å². The Morgan fingerprint density at radius 1 is 1.29 bits per heavy atom. The number of halogens is 3. The van der Waals surface area contributed by atoms with E-state index < -0.39 is 12.6 Å². The molecule has 0 aromatic heterocycles. The number of carbonyl (C=O) groups is 1. The number of amides is 1. The molecule has 1 aromatic carbocycles. The highest BCUT2D eigenvalue weighted by molar-refractivity contribution is 5.95. The first-order valence-corrected chi connectivity index (χ1v) is 7.00. The van der Waals surface area contributed by atoms with Gasteiger partial charge in [-0.05, 0) is 25.1 Å². The Labute approximate surface area is 122 Å². The SMILES string of the molecule is CN(CCC(=O)N1CCc2ccccc21)CCC(F)(F)F. The molecule has 0 saturated heterocycles. The van der Waals surface area contributed by atoms with Gasteiger partial charge in [-0.1, -0.05) is 18.2 Å². The number of nitrogens with zero attached hydrogens (tertiary/aromatic N) is 2. The lowest BCUT2D eigenvalue weighted by Crippen LogP contribution is -2.33. The minimum absolute atomic E-state index is 0.0289. The number of alkyl halides is 3. The van der Waals surface area contributed by atoms with Crippen LogP contribution in [0, 0.1) is 0 Å². The maximum absolute atomic E-state index is 12.2. The average molecular weight is 300 g/mol. The van der Waals surface area contributed by atoms with E-state index in [9.17, 15) is 18.0 Å². The molecule has 2 rings (SSSR count). The van der Waals surface area contributed by atoms with Crippen LogP contribution in [-0.2, 0) is 11.2 Å². The topological polar surface area (TPSA) is 23.6 Å². The van der Waals surface area contributed by atoms with Crippen LogP contribution in [0.1, 0.15) is 18.4 Å². The average Bonchev–Trinajstić information content (AvgIpc) is 2.85. The first kappa shape index (κ1) is 15.8. The number of fused-ring (bicyclic) bond motifs is 1. The number of hydrogen-bond donors (Lipinski definition) is 0. The van der Waals surface area contributed by atoms with Crippen LogP contribution in [0.2, 0.25) is 0 Å². The smallest absolute Gasteiger partial charge is 0.312 e. The van der Waals surface area contributed by atoms with Crippen LogP contribution in [0.3, 0.4) is 0 Å². The molecule has 0 fully saturated rings. The van der Waals surface area contributed by atoms with Gasteiger partial charge in [-0.25, -0.2) is 0 Å². The Bertz CT molecular complexity index is 502. The molecule has 21 heavy (non-hydrogen) atoms. The van der Waals surface area contributed by atoms with E-state index in [0.717, 1.165) is 17.7 Å². The molecule has 0 atom stereocenters. The van der Waals surface area contributed by atoms with Gasteiger partial charge < -0.3 is 9.80 Å². The number of para-hydroxylation sites is 1. The normalized spacial score (nSPS) is 14.6. The summed E-state index contributed by atoms with van der Waals surface area (Å²) in [4.78, 5) is 15.5. The van der Waals surface area contributed by atoms with Crippen molar-refractivity contribution in [3.63, 3.8) is 0 Å². The van der Waals surface area contributed by atoms with E-state index in [1.165, 1.54) is 0 Å². The van der Waals surface area contributed by atoms with E-state index in [2.05, 4.69) is 0 Å². The van der Waals surface area contributed by atoms with Gasteiger partial charge in [0.25, 0.3) is 0 Å². The largest absolute Gasteiger partial charge is 0.390 e. The molecule has 0 bridgehead atoms. The van der Waals surface area contributed by atoms with Crippen molar-refractivity contribution in [1.82, 2.24) is 4.90 Å². The molecule has 1 heterocycles. The molecule has 6 heteroatoms. The van der Waals surface area contributed by atoms with Crippen molar-refractivity contribution in [2.75, 3.05) is 31.6 Å². The van der Waals surface area contributed by atoms with Crippen LogP contribution in [0.5, 0.6) is 0 Å². The van der Waals surface area contributed by atoms with Gasteiger partial charge in [-0.2, -0.15) is 13.2 Å². The van der Waals surface area contributed by atoms with Gasteiger partial charge in [0.05, 0.1) is 6.42 Å². The van der Waals surface area contributed by atoms with Gasteiger partial charge in [0.1, 0.15) is 0 Å². The van der Waals surface area contributed by atoms with E-state index in [1.807, 2.05) is 24.3 Å². The lowest BCUT2D eigenvalue weighted by Gasteiger charge is -2.21. The minimum atomic E-state index is -4.15. The fourth-order valence-corrected chi connectivity index (χ4v) is 2.45. The third-order valence-corrected chi connectivity index (χ3v) is 3.67. The predicted molar refractivity (Wildman–Crippen MR) is 75.3 cm³/mol. The standard InChI is InChI=1S/C15H19F3N2O/c1-19(11-8-15(16,17)18)9-7-14(21)20-10-6-12-4-2-3-5-13(12)20/h2-5H,6-11H2,1H3. The van der Waals surface area contributed by atoms with Crippen LogP contribution >= 0.6 is 0 Å². The zero-order valence-electron chi connectivity index (χ0n) is 12.0. The molecule has 1 aliphatic heterocycles. The molecule has 1 aromatic rings. The quantitative estimate of drug-likeness (QED) is 0.835. The lowest BCUT2D eigenvalue weighted by atomic mass is 10.2. The molecule has 0 N–H and O–H groups in total. The van der Waals surface area contributed by atoms with Crippen LogP contribution in [0.15, 0.2) is 24.3 Å². The second-order valence-electron chi connectivity index (χ2n) is 5.34. The molecule has 0 spiro atoms. The number of rotatable bonds is 5. The molecule has 0 saturated carbocycles. The van der Waals surface area contributed by atoms with Crippen molar-refractivity contribution in [1.29, 1.82) is 0 Å². The summed E-state index contributed by atoms with van der Waals surface area (Å²) in [5.74, 6) is -0.0289. The second-order valence-corrected chi connectivity index (χ2v) is 5.34. The van der Waals surface area contributed by atoms with Gasteiger partial charge in [-0.15, -0.1) is 0 Å². The van der Waals surface area contributed by atoms with E-state index in [4.69, 9.17) is 0 Å². The van der Waals surface area contributed by atoms with Gasteiger partial charge >= 0.3 is 6.18 Å². The Kier molecular flexibility index (Phi) is 4.88. The third kappa shape index (κ3) is 4.46. The Morgan fingerprint density at radius 3 is 2.71 bits per heavy atom. The molecule has 3 nitrogen and oxygen atoms in total. The van der Waals surface area contributed by atoms with Crippen molar-refractivity contribution in [3.8, 4) is 0 Å². The predicted octanol–water partition coefficient (Wildman–Crippen LogP) is 2.85. The summed E-state index contributed by atoms with van der Waals surface area (Å²) in [6.45, 7) is 0.922. The number of anilines is 1. The Balaban J connectivity index is 1.81. The molecule has 1 amide bonds. The fourth-order valence-electron chi connectivity index (χ4n) is 2.45. The second kappa shape index (κ2) is 6.47. The molecule has 0 radical (unpaired) electrons. The summed E-state index contributed by atoms with van der Waals surface area (Å²) < 4.78 is 36.4. The summed E-state index contributed by atoms with van der Waals surface area (Å²) in [5.41, 5.74) is 2.08. The van der Waals surface area contributed by atoms with Crippen molar-refractivity contribution < 1.29 is 18.0 Å². The highest BCUT2D eigenvalue weighted by Crippen LogP contribution is 2.27. The van der Waals surface area contributed by atoms with Crippen molar-refractivity contribution in [3.05, 3.63) is 29.8 Å². The van der Waals surface area contributed by atoms with E-state index in [-0.39, 0.29) is 18.9 Å². The first-order valence-electron chi connectivity index (χ1n) is 7.00. The minimum Gasteiger partial charge on any atom is -0.312 e. The summed E-state index contributed by atoms with van der Waals surface area (Å²) in [6, 6.07) is 7.74. The van der Waals surface area contributed by atoms with Crippen molar-refractivity contribution in [2.45, 2.75) is 25.4 Å². The first-order chi connectivity index (χ1) is 9.87. The lowest BCUT2D eigenvalue weighted by molar-refractivity contribution is -0.137. The number of benzene rings is 1. The van der Waals surface area contributed by atoms with Crippen molar-refractivity contribution in [2.24, 2.45) is 0 Å². The van der Waals surface area contributed by atoms with Crippen molar-refractivity contribution >= 4 is 11.6 Å². The van der Waals surface area contributed by atoms with E-state index >= 15 is 0 Å². The van der Waals surface area contributed by atoms with Crippen LogP contribution in [0.25, 0.3) is 0 Å². The summed E-state index contributed by atoms with van der Waals surface area (Å²) in [5, 5.41) is 0. The van der Waals surface area contributed by atoms with Gasteiger partial charge in [0, 0.05) is 31.7 Å². The maximum Gasteiger partial charge on any atom is 0.390 e. The Hall–Kier alpha value is -1.56. The molecule has 0 aliphatic carbocycles. The summed E-state index contributed by atoms with van der Waals surface area (Å²) in [6.07, 6.45) is -3.91. The van der Waals surface area contributed by atoms with E-state index in [0.29, 0.717) is 13.1 Å². The summed E-state index contributed by atoms with van der Waals surface area (Å²) in [7, 11) is 1.61. The molecular weight excluding hydrogens is 281 g/mol. The molecular formula is C15H19F3N2O. The van der Waals surface area contributed by atoms with Gasteiger partial charge in [0.15, 0.2) is 0 Å².